The van der Waals surface area contributed by atoms with Gasteiger partial charge in [-0.2, -0.15) is 0 Å². The van der Waals surface area contributed by atoms with Crippen molar-refractivity contribution >= 4 is 0 Å². The molecule has 0 radical (unpaired) electrons. The molecule has 0 N–H and O–H groups in total. The molecule has 0 amide bonds. The first-order chi connectivity index (χ1) is 0. The van der Waals surface area contributed by atoms with Gasteiger partial charge in [0, 0.05) is 0 Å². The third kappa shape index (κ3) is -0.444. The molecule has 0 spiro atoms. The molecular weight excluding hydrogens is 813 g/mol. The van der Waals surface area contributed by atoms with Gasteiger partial charge < -0.3 is 7.43 Å². The van der Waals surface area contributed by atoms with Crippen LogP contribution < -0.4 is 0 Å². The Balaban J connectivity index is 0. The minimum Gasteiger partial charge on any atom is -0.358 e. The van der Waals surface area contributed by atoms with Crippen LogP contribution in [-0.2, 0) is 0 Å². The summed E-state index contributed by atoms with van der Waals surface area (Å²) in [7, 11) is 0. The molecule has 0 aromatic carbocycles. The van der Waals surface area contributed by atoms with Crippen LogP contribution in [0.15, 0.2) is 0 Å². The molecule has 3 heteroatoms. The Bertz CT molecular complexity index is 3.25. The predicted molar refractivity (Wildman–Crippen MR) is 6.41 cm³/mol. The second-order valence-electron chi connectivity index (χ2n) is 0. The molecule has 0 aliphatic rings. The maximum absolute atomic E-state index is 0. The van der Waals surface area contributed by atoms with Gasteiger partial charge in [-0.25, -0.2) is 0 Å². The quantitative estimate of drug-likeness (QED) is 0.312. The summed E-state index contributed by atoms with van der Waals surface area (Å²) in [4.78, 5) is 0. The van der Waals surface area contributed by atoms with E-state index >= 15 is 0 Å². The van der Waals surface area contributed by atoms with E-state index in [1.165, 1.54) is 0 Å². The predicted octanol–water partition coefficient (Wildman–Crippen LogP) is 0.450. The SMILES string of the molecule is [CH3-].[Rf].[Rf].[Rf]. The van der Waals surface area contributed by atoms with E-state index in [-0.39, 0.29) is 7.43 Å². The first kappa shape index (κ1) is 0. The molecule has 0 bridgehead atoms. The molecular formula is CH3Rf3-. The topological polar surface area (TPSA) is 0 Å². The maximum atomic E-state index is 0. The second-order valence-corrected chi connectivity index (χ2v) is 0. The van der Waals surface area contributed by atoms with Crippen molar-refractivity contribution < 1.29 is 0 Å². The van der Waals surface area contributed by atoms with Gasteiger partial charge in [-0.1, -0.05) is 0 Å². The van der Waals surface area contributed by atoms with E-state index in [1.54, 1.807) is 0 Å². The number of rotatable bonds is 0. The Morgan fingerprint density at radius 2 is 0.500 bits per heavy atom. The molecule has 14 valence electrons. The van der Waals surface area contributed by atoms with Crippen molar-refractivity contribution in [3.05, 3.63) is 7.43 Å². The zero-order valence-corrected chi connectivity index (χ0v) is 22.3. The minimum absolute atomic E-state index is 0. The third-order valence-electron chi connectivity index (χ3n) is 0. The first-order valence-electron chi connectivity index (χ1n) is 0. The van der Waals surface area contributed by atoms with E-state index in [0.29, 0.717) is 0 Å². The molecule has 0 unspecified atom stereocenters. The maximum Gasteiger partial charge on any atom is 0 e. The molecule has 0 aromatic rings. The van der Waals surface area contributed by atoms with Crippen LogP contribution in [0.3, 0.4) is 0 Å². The molecule has 0 atom stereocenters. The van der Waals surface area contributed by atoms with Crippen molar-refractivity contribution in [3.8, 4) is 0 Å². The molecule has 0 nitrogen and oxygen atoms in total. The molecule has 0 saturated heterocycles. The van der Waals surface area contributed by atoms with E-state index in [2.05, 4.69) is 0 Å². The summed E-state index contributed by atoms with van der Waals surface area (Å²) in [5, 5.41) is 0. The molecule has 0 heterocycles. The van der Waals surface area contributed by atoms with Crippen LogP contribution in [0.5, 0.6) is 0 Å². The van der Waals surface area contributed by atoms with E-state index < -0.39 is 0 Å². The van der Waals surface area contributed by atoms with Crippen LogP contribution in [0, 0.1) is 7.43 Å². The van der Waals surface area contributed by atoms with Crippen LogP contribution in [0.1, 0.15) is 0 Å². The summed E-state index contributed by atoms with van der Waals surface area (Å²) >= 11 is 0. The summed E-state index contributed by atoms with van der Waals surface area (Å²) in [6.07, 6.45) is 0. The van der Waals surface area contributed by atoms with Crippen molar-refractivity contribution in [1.82, 2.24) is 0 Å². The number of hydrogen-bond donors (Lipinski definition) is 0. The van der Waals surface area contributed by atoms with Crippen LogP contribution in [0.2, 0.25) is 0 Å². The molecule has 4 heavy (non-hydrogen) atoms. The van der Waals surface area contributed by atoms with Crippen LogP contribution in [-0.4, -0.2) is 0 Å². The molecule has 0 aromatic heterocycles. The Morgan fingerprint density at radius 3 is 0.500 bits per heavy atom. The van der Waals surface area contributed by atoms with Gasteiger partial charge in [0.1, 0.15) is 0 Å². The molecule has 0 rings (SSSR count). The molecule has 0 aliphatic heterocycles. The molecule has 0 saturated carbocycles. The first-order valence-corrected chi connectivity index (χ1v) is 0. The van der Waals surface area contributed by atoms with Gasteiger partial charge in [0.2, 0.25) is 0 Å². The van der Waals surface area contributed by atoms with Gasteiger partial charge >= 0.3 is 0 Å². The zero-order valence-electron chi connectivity index (χ0n) is 3.12. The molecule has 0 aliphatic carbocycles. The van der Waals surface area contributed by atoms with E-state index in [4.69, 9.17) is 0 Å². The largest absolute Gasteiger partial charge is 0.358 e. The smallest absolute Gasteiger partial charge is 0 e. The van der Waals surface area contributed by atoms with Crippen LogP contribution in [0.25, 0.3) is 0 Å². The second kappa shape index (κ2) is 0. The van der Waals surface area contributed by atoms with Crippen molar-refractivity contribution in [2.75, 3.05) is 0 Å². The fraction of sp³-hybridized carbons (Fsp3) is 0. The third-order valence-corrected chi connectivity index (χ3v) is 0. The normalized spacial score (nSPS) is 0. The van der Waals surface area contributed by atoms with Crippen LogP contribution in [0.4, 0.5) is 0 Å². The van der Waals surface area contributed by atoms with Crippen LogP contribution >= 0.6 is 0 Å². The summed E-state index contributed by atoms with van der Waals surface area (Å²) in [5.41, 5.74) is 0. The van der Waals surface area contributed by atoms with Gasteiger partial charge in [-0.3, -0.25) is 0 Å². The summed E-state index contributed by atoms with van der Waals surface area (Å²) in [6, 6.07) is 0. The van der Waals surface area contributed by atoms with Crippen molar-refractivity contribution in [3.63, 3.8) is 0 Å². The van der Waals surface area contributed by atoms with Crippen molar-refractivity contribution in [2.45, 2.75) is 0 Å². The standard InChI is InChI=1S/CH3.3Rf/h1H3;;;/q-1;;;. The Hall–Kier alpha value is -3.00. The minimum atomic E-state index is 0. The zero-order chi connectivity index (χ0) is 0. The Labute approximate surface area is 8.74 Å². The summed E-state index contributed by atoms with van der Waals surface area (Å²) < 4.78 is 0. The van der Waals surface area contributed by atoms with Gasteiger partial charge in [0.05, 0.1) is 0 Å². The van der Waals surface area contributed by atoms with Crippen molar-refractivity contribution in [2.24, 2.45) is 0 Å². The summed E-state index contributed by atoms with van der Waals surface area (Å²) in [5.74, 6) is 0. The summed E-state index contributed by atoms with van der Waals surface area (Å²) in [6.45, 7) is 0. The fourth-order valence-corrected chi connectivity index (χ4v) is 0. The van der Waals surface area contributed by atoms with Crippen molar-refractivity contribution in [1.29, 1.82) is 0 Å². The van der Waals surface area contributed by atoms with Gasteiger partial charge in [0.25, 0.3) is 0 Å². The van der Waals surface area contributed by atoms with E-state index in [1.807, 2.05) is 0 Å². The number of hydrogen-bond acceptors (Lipinski definition) is 0. The van der Waals surface area contributed by atoms with E-state index in [0.717, 1.165) is 0 Å². The monoisotopic (exact) mass is 816 g/mol. The Kier molecular flexibility index (Phi) is 0. The Morgan fingerprint density at radius 1 is 0.500 bits per heavy atom. The molecule has 0 fully saturated rings. The average Bonchev–Trinajstić information content (AvgIpc) is 0. The van der Waals surface area contributed by atoms with E-state index in [9.17, 15) is 0 Å². The average molecular weight is 816 g/mol. The fourth-order valence-electron chi connectivity index (χ4n) is 0. The van der Waals surface area contributed by atoms with Gasteiger partial charge in [-0.05, 0) is 0 Å². The van der Waals surface area contributed by atoms with Gasteiger partial charge in [-0.15, -0.1) is 0 Å². The van der Waals surface area contributed by atoms with Gasteiger partial charge in [0.15, 0.2) is 0 Å².